The SMILES string of the molecule is O=C(O)c1cnn2c(C(F)F)cc(-c3ccc(C(F)(F)F)cc3)nc12. The summed E-state index contributed by atoms with van der Waals surface area (Å²) in [5, 5.41) is 12.7. The maximum absolute atomic E-state index is 13.2. The highest BCUT2D eigenvalue weighted by molar-refractivity contribution is 5.94. The summed E-state index contributed by atoms with van der Waals surface area (Å²) in [5.41, 5.74) is -2.18. The summed E-state index contributed by atoms with van der Waals surface area (Å²) in [4.78, 5) is 15.1. The fourth-order valence-electron chi connectivity index (χ4n) is 2.27. The van der Waals surface area contributed by atoms with Gasteiger partial charge in [-0.3, -0.25) is 0 Å². The second-order valence-electron chi connectivity index (χ2n) is 5.04. The summed E-state index contributed by atoms with van der Waals surface area (Å²) in [5.74, 6) is -1.41. The molecule has 0 saturated carbocycles. The van der Waals surface area contributed by atoms with E-state index in [2.05, 4.69) is 10.1 Å². The Labute approximate surface area is 136 Å². The van der Waals surface area contributed by atoms with Gasteiger partial charge in [-0.25, -0.2) is 23.1 Å². The number of aromatic nitrogens is 3. The molecule has 2 aromatic heterocycles. The summed E-state index contributed by atoms with van der Waals surface area (Å²) >= 11 is 0. The molecule has 0 unspecified atom stereocenters. The number of fused-ring (bicyclic) bond motifs is 1. The van der Waals surface area contributed by atoms with Gasteiger partial charge in [-0.1, -0.05) is 12.1 Å². The molecule has 0 spiro atoms. The summed E-state index contributed by atoms with van der Waals surface area (Å²) in [6.45, 7) is 0. The van der Waals surface area contributed by atoms with Gasteiger partial charge in [0, 0.05) is 5.56 Å². The van der Waals surface area contributed by atoms with Crippen LogP contribution in [-0.2, 0) is 6.18 Å². The van der Waals surface area contributed by atoms with E-state index in [4.69, 9.17) is 5.11 Å². The number of rotatable bonds is 3. The molecule has 5 nitrogen and oxygen atoms in total. The zero-order chi connectivity index (χ0) is 18.4. The van der Waals surface area contributed by atoms with Crippen molar-refractivity contribution in [2.24, 2.45) is 0 Å². The Balaban J connectivity index is 2.19. The van der Waals surface area contributed by atoms with E-state index in [1.54, 1.807) is 0 Å². The number of hydrogen-bond acceptors (Lipinski definition) is 3. The molecule has 0 bridgehead atoms. The van der Waals surface area contributed by atoms with E-state index in [1.807, 2.05) is 0 Å². The van der Waals surface area contributed by atoms with Gasteiger partial charge in [-0.2, -0.15) is 18.3 Å². The van der Waals surface area contributed by atoms with E-state index in [0.717, 1.165) is 36.5 Å². The molecule has 1 aromatic carbocycles. The van der Waals surface area contributed by atoms with Crippen LogP contribution in [0.15, 0.2) is 36.5 Å². The summed E-state index contributed by atoms with van der Waals surface area (Å²) in [6, 6.07) is 4.69. The molecule has 1 N–H and O–H groups in total. The molecule has 0 atom stereocenters. The monoisotopic (exact) mass is 357 g/mol. The van der Waals surface area contributed by atoms with Gasteiger partial charge in [0.05, 0.1) is 17.5 Å². The van der Waals surface area contributed by atoms with Crippen LogP contribution in [0, 0.1) is 0 Å². The molecule has 2 heterocycles. The van der Waals surface area contributed by atoms with Crippen molar-refractivity contribution in [1.82, 2.24) is 14.6 Å². The van der Waals surface area contributed by atoms with Gasteiger partial charge in [-0.15, -0.1) is 0 Å². The highest BCUT2D eigenvalue weighted by Crippen LogP contribution is 2.32. The number of benzene rings is 1. The largest absolute Gasteiger partial charge is 0.477 e. The molecule has 0 aliphatic heterocycles. The Hall–Kier alpha value is -3.04. The second kappa shape index (κ2) is 5.80. The Bertz CT molecular complexity index is 948. The first kappa shape index (κ1) is 16.8. The zero-order valence-corrected chi connectivity index (χ0v) is 12.1. The lowest BCUT2D eigenvalue weighted by Crippen LogP contribution is -2.06. The molecule has 3 rings (SSSR count). The summed E-state index contributed by atoms with van der Waals surface area (Å²) in [7, 11) is 0. The van der Waals surface area contributed by atoms with E-state index in [-0.39, 0.29) is 16.9 Å². The first-order valence-electron chi connectivity index (χ1n) is 6.76. The molecule has 0 aliphatic carbocycles. The van der Waals surface area contributed by atoms with Crippen molar-refractivity contribution in [3.63, 3.8) is 0 Å². The van der Waals surface area contributed by atoms with Crippen LogP contribution < -0.4 is 0 Å². The average Bonchev–Trinajstić information content (AvgIpc) is 2.97. The molecule has 10 heteroatoms. The number of nitrogens with zero attached hydrogens (tertiary/aromatic N) is 3. The molecule has 130 valence electrons. The van der Waals surface area contributed by atoms with Gasteiger partial charge in [0.2, 0.25) is 0 Å². The van der Waals surface area contributed by atoms with Crippen LogP contribution in [-0.4, -0.2) is 25.7 Å². The first-order valence-corrected chi connectivity index (χ1v) is 6.76. The Morgan fingerprint density at radius 2 is 1.80 bits per heavy atom. The normalized spacial score (nSPS) is 12.1. The first-order chi connectivity index (χ1) is 11.7. The highest BCUT2D eigenvalue weighted by Gasteiger charge is 2.30. The van der Waals surface area contributed by atoms with Crippen LogP contribution in [0.5, 0.6) is 0 Å². The molecule has 0 fully saturated rings. The molecule has 3 aromatic rings. The van der Waals surface area contributed by atoms with E-state index < -0.39 is 35.4 Å². The quantitative estimate of drug-likeness (QED) is 0.718. The number of halogens is 5. The third-order valence-electron chi connectivity index (χ3n) is 3.46. The van der Waals surface area contributed by atoms with Crippen LogP contribution in [0.1, 0.15) is 28.0 Å². The van der Waals surface area contributed by atoms with E-state index in [9.17, 15) is 26.7 Å². The van der Waals surface area contributed by atoms with Crippen LogP contribution >= 0.6 is 0 Å². The van der Waals surface area contributed by atoms with Gasteiger partial charge >= 0.3 is 12.1 Å². The average molecular weight is 357 g/mol. The minimum absolute atomic E-state index is 0.0838. The molecule has 0 saturated heterocycles. The molecular formula is C15H8F5N3O2. The van der Waals surface area contributed by atoms with E-state index in [1.165, 1.54) is 0 Å². The summed E-state index contributed by atoms with van der Waals surface area (Å²) in [6.07, 6.45) is -6.64. The van der Waals surface area contributed by atoms with Gasteiger partial charge in [-0.05, 0) is 18.2 Å². The third-order valence-corrected chi connectivity index (χ3v) is 3.46. The van der Waals surface area contributed by atoms with Crippen LogP contribution in [0.25, 0.3) is 16.9 Å². The summed E-state index contributed by atoms with van der Waals surface area (Å²) < 4.78 is 65.0. The number of aromatic carboxylic acids is 1. The van der Waals surface area contributed by atoms with Crippen molar-refractivity contribution in [3.8, 4) is 11.3 Å². The van der Waals surface area contributed by atoms with Crippen LogP contribution in [0.4, 0.5) is 22.0 Å². The number of alkyl halides is 5. The van der Waals surface area contributed by atoms with Crippen molar-refractivity contribution in [2.45, 2.75) is 12.6 Å². The van der Waals surface area contributed by atoms with Gasteiger partial charge < -0.3 is 5.11 Å². The molecule has 25 heavy (non-hydrogen) atoms. The predicted molar refractivity (Wildman–Crippen MR) is 75.3 cm³/mol. The Kier molecular flexibility index (Phi) is 3.90. The number of carboxylic acid groups (broad SMARTS) is 1. The lowest BCUT2D eigenvalue weighted by molar-refractivity contribution is -0.137. The number of carboxylic acids is 1. The second-order valence-corrected chi connectivity index (χ2v) is 5.04. The fourth-order valence-corrected chi connectivity index (χ4v) is 2.27. The van der Waals surface area contributed by atoms with Crippen molar-refractivity contribution >= 4 is 11.6 Å². The smallest absolute Gasteiger partial charge is 0.416 e. The van der Waals surface area contributed by atoms with Gasteiger partial charge in [0.1, 0.15) is 11.3 Å². The maximum Gasteiger partial charge on any atom is 0.416 e. The maximum atomic E-state index is 13.2. The molecule has 0 aliphatic rings. The number of hydrogen-bond donors (Lipinski definition) is 1. The standard InChI is InChI=1S/C15H8F5N3O2/c16-12(17)11-5-10(7-1-3-8(4-2-7)15(18,19)20)22-13-9(14(24)25)6-21-23(11)13/h1-6,12H,(H,24,25). The predicted octanol–water partition coefficient (Wildman–Crippen LogP) is 4.05. The number of carbonyl (C=O) groups is 1. The van der Waals surface area contributed by atoms with Crippen LogP contribution in [0.3, 0.4) is 0 Å². The zero-order valence-electron chi connectivity index (χ0n) is 12.1. The molecule has 0 radical (unpaired) electrons. The topological polar surface area (TPSA) is 67.5 Å². The lowest BCUT2D eigenvalue weighted by Gasteiger charge is -2.10. The van der Waals surface area contributed by atoms with Gasteiger partial charge in [0.25, 0.3) is 6.43 Å². The molecular weight excluding hydrogens is 349 g/mol. The third kappa shape index (κ3) is 3.02. The lowest BCUT2D eigenvalue weighted by atomic mass is 10.1. The van der Waals surface area contributed by atoms with Crippen molar-refractivity contribution < 1.29 is 31.9 Å². The van der Waals surface area contributed by atoms with E-state index >= 15 is 0 Å². The minimum Gasteiger partial charge on any atom is -0.477 e. The van der Waals surface area contributed by atoms with Crippen molar-refractivity contribution in [1.29, 1.82) is 0 Å². The Morgan fingerprint density at radius 1 is 1.16 bits per heavy atom. The molecule has 0 amide bonds. The van der Waals surface area contributed by atoms with Crippen LogP contribution in [0.2, 0.25) is 0 Å². The minimum atomic E-state index is -4.54. The highest BCUT2D eigenvalue weighted by atomic mass is 19.4. The van der Waals surface area contributed by atoms with Gasteiger partial charge in [0.15, 0.2) is 5.65 Å². The van der Waals surface area contributed by atoms with E-state index in [0.29, 0.717) is 4.52 Å². The van der Waals surface area contributed by atoms with Crippen molar-refractivity contribution in [2.75, 3.05) is 0 Å². The fraction of sp³-hybridized carbons (Fsp3) is 0.133. The Morgan fingerprint density at radius 3 is 2.32 bits per heavy atom. The van der Waals surface area contributed by atoms with Crippen molar-refractivity contribution in [3.05, 3.63) is 53.3 Å².